The van der Waals surface area contributed by atoms with Gasteiger partial charge in [-0.05, 0) is 31.4 Å². The number of carbonyl (C=O) groups is 1. The van der Waals surface area contributed by atoms with Gasteiger partial charge in [-0.2, -0.15) is 0 Å². The van der Waals surface area contributed by atoms with Gasteiger partial charge >= 0.3 is 0 Å². The van der Waals surface area contributed by atoms with Gasteiger partial charge in [0.2, 0.25) is 15.9 Å². The van der Waals surface area contributed by atoms with E-state index in [1.54, 1.807) is 12.1 Å². The molecule has 0 aromatic heterocycles. The van der Waals surface area contributed by atoms with Crippen LogP contribution in [-0.4, -0.2) is 33.2 Å². The van der Waals surface area contributed by atoms with Crippen LogP contribution in [0.1, 0.15) is 26.3 Å². The van der Waals surface area contributed by atoms with E-state index in [2.05, 4.69) is 5.32 Å². The number of carbonyl (C=O) groups excluding carboxylic acids is 1. The number of benzene rings is 1. The van der Waals surface area contributed by atoms with Crippen LogP contribution in [0.3, 0.4) is 0 Å². The van der Waals surface area contributed by atoms with Crippen molar-refractivity contribution in [1.82, 2.24) is 5.32 Å². The monoisotopic (exact) mass is 312 g/mol. The molecule has 5 nitrogen and oxygen atoms in total. The number of sulfonamides is 1. The van der Waals surface area contributed by atoms with E-state index in [1.165, 1.54) is 0 Å². The number of amides is 1. The Kier molecular flexibility index (Phi) is 5.78. The van der Waals surface area contributed by atoms with Crippen LogP contribution in [0, 0.1) is 12.8 Å². The zero-order chi connectivity index (χ0) is 16.2. The summed E-state index contributed by atoms with van der Waals surface area (Å²) < 4.78 is 25.1. The van der Waals surface area contributed by atoms with E-state index < -0.39 is 10.0 Å². The summed E-state index contributed by atoms with van der Waals surface area (Å²) in [4.78, 5) is 12.1. The molecule has 1 atom stereocenters. The number of nitrogens with one attached hydrogen (secondary N) is 1. The molecule has 0 bridgehead atoms. The highest BCUT2D eigenvalue weighted by Gasteiger charge is 2.23. The highest BCUT2D eigenvalue weighted by molar-refractivity contribution is 7.92. The van der Waals surface area contributed by atoms with Crippen LogP contribution in [-0.2, 0) is 14.8 Å². The minimum absolute atomic E-state index is 0.00391. The SMILES string of the molecule is Cc1ccccc1N(CC(=O)N[C@H](C)C(C)C)S(C)(=O)=O. The zero-order valence-corrected chi connectivity index (χ0v) is 14.1. The summed E-state index contributed by atoms with van der Waals surface area (Å²) in [5.41, 5.74) is 1.35. The molecule has 0 unspecified atom stereocenters. The highest BCUT2D eigenvalue weighted by Crippen LogP contribution is 2.21. The molecule has 1 rings (SSSR count). The summed E-state index contributed by atoms with van der Waals surface area (Å²) in [6, 6.07) is 7.11. The van der Waals surface area contributed by atoms with Crippen molar-refractivity contribution in [3.05, 3.63) is 29.8 Å². The van der Waals surface area contributed by atoms with Gasteiger partial charge in [0.1, 0.15) is 6.54 Å². The molecule has 0 saturated heterocycles. The van der Waals surface area contributed by atoms with E-state index in [1.807, 2.05) is 39.8 Å². The van der Waals surface area contributed by atoms with Gasteiger partial charge in [0.15, 0.2) is 0 Å². The number of hydrogen-bond acceptors (Lipinski definition) is 3. The van der Waals surface area contributed by atoms with Crippen molar-refractivity contribution in [3.8, 4) is 0 Å². The van der Waals surface area contributed by atoms with Crippen molar-refractivity contribution in [2.24, 2.45) is 5.92 Å². The minimum atomic E-state index is -3.52. The molecule has 6 heteroatoms. The van der Waals surface area contributed by atoms with Crippen LogP contribution in [0.25, 0.3) is 0 Å². The van der Waals surface area contributed by atoms with Gasteiger partial charge < -0.3 is 5.32 Å². The van der Waals surface area contributed by atoms with Crippen LogP contribution < -0.4 is 9.62 Å². The van der Waals surface area contributed by atoms with Gasteiger partial charge in [-0.3, -0.25) is 9.10 Å². The molecule has 1 N–H and O–H groups in total. The van der Waals surface area contributed by atoms with Crippen LogP contribution in [0.4, 0.5) is 5.69 Å². The first kappa shape index (κ1) is 17.5. The Morgan fingerprint density at radius 2 is 1.81 bits per heavy atom. The molecule has 1 amide bonds. The standard InChI is InChI=1S/C15H24N2O3S/c1-11(2)13(4)16-15(18)10-17(21(5,19)20)14-9-7-6-8-12(14)3/h6-9,11,13H,10H2,1-5H3,(H,16,18)/t13-/m1/s1. The fraction of sp³-hybridized carbons (Fsp3) is 0.533. The summed E-state index contributed by atoms with van der Waals surface area (Å²) in [6.07, 6.45) is 1.11. The molecule has 118 valence electrons. The third-order valence-electron chi connectivity index (χ3n) is 3.46. The minimum Gasteiger partial charge on any atom is -0.352 e. The Morgan fingerprint density at radius 1 is 1.24 bits per heavy atom. The topological polar surface area (TPSA) is 66.5 Å². The molecule has 0 radical (unpaired) electrons. The quantitative estimate of drug-likeness (QED) is 0.872. The van der Waals surface area contributed by atoms with E-state index in [0.717, 1.165) is 16.1 Å². The molecule has 1 aromatic rings. The second-order valence-corrected chi connectivity index (χ2v) is 7.56. The lowest BCUT2D eigenvalue weighted by molar-refractivity contribution is -0.120. The first-order valence-electron chi connectivity index (χ1n) is 6.95. The van der Waals surface area contributed by atoms with Crippen molar-refractivity contribution < 1.29 is 13.2 Å². The molecule has 0 spiro atoms. The molecule has 0 fully saturated rings. The average molecular weight is 312 g/mol. The summed E-state index contributed by atoms with van der Waals surface area (Å²) in [5.74, 6) is -0.0102. The lowest BCUT2D eigenvalue weighted by atomic mass is 10.1. The normalized spacial score (nSPS) is 13.0. The molecular weight excluding hydrogens is 288 g/mol. The number of anilines is 1. The maximum absolute atomic E-state index is 12.1. The van der Waals surface area contributed by atoms with E-state index in [-0.39, 0.29) is 18.5 Å². The summed E-state index contributed by atoms with van der Waals surface area (Å²) in [6.45, 7) is 7.52. The number of aryl methyl sites for hydroxylation is 1. The molecule has 21 heavy (non-hydrogen) atoms. The Bertz CT molecular complexity index is 597. The largest absolute Gasteiger partial charge is 0.352 e. The second-order valence-electron chi connectivity index (χ2n) is 5.66. The number of rotatable bonds is 6. The van der Waals surface area contributed by atoms with Gasteiger partial charge in [-0.15, -0.1) is 0 Å². The average Bonchev–Trinajstić information content (AvgIpc) is 2.35. The third kappa shape index (κ3) is 5.04. The fourth-order valence-corrected chi connectivity index (χ4v) is 2.73. The van der Waals surface area contributed by atoms with Crippen molar-refractivity contribution in [1.29, 1.82) is 0 Å². The molecular formula is C15H24N2O3S. The van der Waals surface area contributed by atoms with Crippen molar-refractivity contribution in [2.45, 2.75) is 33.7 Å². The Hall–Kier alpha value is -1.56. The lowest BCUT2D eigenvalue weighted by Crippen LogP contribution is -2.44. The highest BCUT2D eigenvalue weighted by atomic mass is 32.2. The van der Waals surface area contributed by atoms with Gasteiger partial charge in [-0.25, -0.2) is 8.42 Å². The molecule has 0 aliphatic rings. The maximum Gasteiger partial charge on any atom is 0.240 e. The van der Waals surface area contributed by atoms with Crippen molar-refractivity contribution >= 4 is 21.6 Å². The van der Waals surface area contributed by atoms with Gasteiger partial charge in [0, 0.05) is 6.04 Å². The van der Waals surface area contributed by atoms with Gasteiger partial charge in [0.05, 0.1) is 11.9 Å². The van der Waals surface area contributed by atoms with E-state index in [0.29, 0.717) is 11.6 Å². The first-order valence-corrected chi connectivity index (χ1v) is 8.80. The first-order chi connectivity index (χ1) is 9.62. The molecule has 1 aromatic carbocycles. The second kappa shape index (κ2) is 6.93. The molecule has 0 heterocycles. The van der Waals surface area contributed by atoms with Crippen LogP contribution in [0.5, 0.6) is 0 Å². The van der Waals surface area contributed by atoms with Gasteiger partial charge in [-0.1, -0.05) is 32.0 Å². The number of hydrogen-bond donors (Lipinski definition) is 1. The molecule has 0 aliphatic heterocycles. The van der Waals surface area contributed by atoms with Crippen molar-refractivity contribution in [2.75, 3.05) is 17.1 Å². The summed E-state index contributed by atoms with van der Waals surface area (Å²) in [5, 5.41) is 2.83. The predicted molar refractivity (Wildman–Crippen MR) is 85.8 cm³/mol. The smallest absolute Gasteiger partial charge is 0.240 e. The van der Waals surface area contributed by atoms with Crippen LogP contribution in [0.15, 0.2) is 24.3 Å². The summed E-state index contributed by atoms with van der Waals surface area (Å²) in [7, 11) is -3.52. The van der Waals surface area contributed by atoms with Crippen molar-refractivity contribution in [3.63, 3.8) is 0 Å². The van der Waals surface area contributed by atoms with Gasteiger partial charge in [0.25, 0.3) is 0 Å². The maximum atomic E-state index is 12.1. The Balaban J connectivity index is 2.97. The van der Waals surface area contributed by atoms with Crippen LogP contribution >= 0.6 is 0 Å². The predicted octanol–water partition coefficient (Wildman–Crippen LogP) is 1.92. The zero-order valence-electron chi connectivity index (χ0n) is 13.3. The summed E-state index contributed by atoms with van der Waals surface area (Å²) >= 11 is 0. The Morgan fingerprint density at radius 3 is 2.29 bits per heavy atom. The lowest BCUT2D eigenvalue weighted by Gasteiger charge is -2.25. The van der Waals surface area contributed by atoms with E-state index in [9.17, 15) is 13.2 Å². The number of nitrogens with zero attached hydrogens (tertiary/aromatic N) is 1. The molecule has 0 saturated carbocycles. The fourth-order valence-electron chi connectivity index (χ4n) is 1.82. The van der Waals surface area contributed by atoms with E-state index in [4.69, 9.17) is 0 Å². The third-order valence-corrected chi connectivity index (χ3v) is 4.59. The Labute approximate surface area is 127 Å². The van der Waals surface area contributed by atoms with E-state index >= 15 is 0 Å². The molecule has 0 aliphatic carbocycles. The number of para-hydroxylation sites is 1. The van der Waals surface area contributed by atoms with Crippen LogP contribution in [0.2, 0.25) is 0 Å².